The number of aromatic nitrogens is 1. The summed E-state index contributed by atoms with van der Waals surface area (Å²) in [5, 5.41) is 3.27. The fourth-order valence-corrected chi connectivity index (χ4v) is 3.43. The fraction of sp³-hybridized carbons (Fsp3) is 0.238. The second kappa shape index (κ2) is 8.63. The van der Waals surface area contributed by atoms with Crippen LogP contribution in [0.3, 0.4) is 0 Å². The number of methoxy groups -OCH3 is 1. The normalized spacial score (nSPS) is 11.1. The molecule has 1 heterocycles. The van der Waals surface area contributed by atoms with Gasteiger partial charge in [0.05, 0.1) is 18.4 Å². The summed E-state index contributed by atoms with van der Waals surface area (Å²) in [4.78, 5) is 17.0. The van der Waals surface area contributed by atoms with E-state index < -0.39 is 11.6 Å². The van der Waals surface area contributed by atoms with Crippen LogP contribution in [0.5, 0.6) is 11.5 Å². The maximum atomic E-state index is 12.5. The van der Waals surface area contributed by atoms with Gasteiger partial charge in [-0.15, -0.1) is 11.3 Å². The predicted molar refractivity (Wildman–Crippen MR) is 110 cm³/mol. The summed E-state index contributed by atoms with van der Waals surface area (Å²) in [6.07, 6.45) is 0. The minimum absolute atomic E-state index is 0.0674. The van der Waals surface area contributed by atoms with E-state index >= 15 is 0 Å². The first-order chi connectivity index (χ1) is 13.4. The standard InChI is InChI=1S/C21H20ClNO4S/c1-21(2,27-16-10-8-14(22)9-11-16)20(24)26-12-15-13-28-19(23-15)17-6-4-5-7-18(17)25-3/h4-11,13H,12H2,1-3H3. The van der Waals surface area contributed by atoms with E-state index in [2.05, 4.69) is 4.98 Å². The molecule has 0 unspecified atom stereocenters. The topological polar surface area (TPSA) is 57.7 Å². The monoisotopic (exact) mass is 417 g/mol. The zero-order valence-electron chi connectivity index (χ0n) is 15.8. The lowest BCUT2D eigenvalue weighted by atomic mass is 10.1. The van der Waals surface area contributed by atoms with Gasteiger partial charge in [0.2, 0.25) is 0 Å². The Morgan fingerprint density at radius 2 is 1.86 bits per heavy atom. The second-order valence-electron chi connectivity index (χ2n) is 6.49. The van der Waals surface area contributed by atoms with E-state index in [1.165, 1.54) is 11.3 Å². The van der Waals surface area contributed by atoms with Crippen molar-refractivity contribution in [3.8, 4) is 22.1 Å². The quantitative estimate of drug-likeness (QED) is 0.483. The van der Waals surface area contributed by atoms with Crippen LogP contribution < -0.4 is 9.47 Å². The van der Waals surface area contributed by atoms with Crippen molar-refractivity contribution in [3.63, 3.8) is 0 Å². The molecule has 0 radical (unpaired) electrons. The van der Waals surface area contributed by atoms with E-state index in [4.69, 9.17) is 25.8 Å². The Labute approximate surface area is 172 Å². The van der Waals surface area contributed by atoms with Crippen molar-refractivity contribution in [1.82, 2.24) is 4.98 Å². The molecule has 28 heavy (non-hydrogen) atoms. The number of hydrogen-bond acceptors (Lipinski definition) is 6. The molecule has 0 saturated heterocycles. The second-order valence-corrected chi connectivity index (χ2v) is 7.78. The van der Waals surface area contributed by atoms with Gasteiger partial charge in [-0.1, -0.05) is 23.7 Å². The molecule has 3 rings (SSSR count). The van der Waals surface area contributed by atoms with Gasteiger partial charge in [0.15, 0.2) is 5.60 Å². The Bertz CT molecular complexity index is 953. The van der Waals surface area contributed by atoms with Crippen molar-refractivity contribution < 1.29 is 19.0 Å². The molecule has 3 aromatic rings. The van der Waals surface area contributed by atoms with Gasteiger partial charge in [-0.25, -0.2) is 9.78 Å². The number of para-hydroxylation sites is 1. The summed E-state index contributed by atoms with van der Waals surface area (Å²) in [5.41, 5.74) is 0.426. The molecule has 5 nitrogen and oxygen atoms in total. The lowest BCUT2D eigenvalue weighted by molar-refractivity contribution is -0.160. The molecule has 0 aliphatic carbocycles. The van der Waals surface area contributed by atoms with Crippen molar-refractivity contribution in [3.05, 3.63) is 64.6 Å². The number of carbonyl (C=O) groups is 1. The molecule has 0 saturated carbocycles. The van der Waals surface area contributed by atoms with Crippen LogP contribution in [0.25, 0.3) is 10.6 Å². The van der Waals surface area contributed by atoms with Crippen molar-refractivity contribution in [2.24, 2.45) is 0 Å². The molecular weight excluding hydrogens is 398 g/mol. The summed E-state index contributed by atoms with van der Waals surface area (Å²) < 4.78 is 16.5. The van der Waals surface area contributed by atoms with E-state index in [0.29, 0.717) is 16.5 Å². The number of thiazole rings is 1. The lowest BCUT2D eigenvalue weighted by Gasteiger charge is -2.24. The van der Waals surface area contributed by atoms with Crippen molar-refractivity contribution in [1.29, 1.82) is 0 Å². The summed E-state index contributed by atoms with van der Waals surface area (Å²) in [7, 11) is 1.62. The van der Waals surface area contributed by atoms with Gasteiger partial charge in [-0.2, -0.15) is 0 Å². The van der Waals surface area contributed by atoms with Crippen LogP contribution in [0.15, 0.2) is 53.9 Å². The number of rotatable bonds is 7. The number of carbonyl (C=O) groups excluding carboxylic acids is 1. The highest BCUT2D eigenvalue weighted by molar-refractivity contribution is 7.13. The Kier molecular flexibility index (Phi) is 6.21. The molecule has 2 aromatic carbocycles. The third-order valence-electron chi connectivity index (χ3n) is 3.92. The fourth-order valence-electron chi connectivity index (χ4n) is 2.47. The Balaban J connectivity index is 1.63. The molecule has 0 fully saturated rings. The van der Waals surface area contributed by atoms with Crippen LogP contribution in [-0.2, 0) is 16.1 Å². The first-order valence-corrected chi connectivity index (χ1v) is 9.84. The maximum Gasteiger partial charge on any atom is 0.350 e. The largest absolute Gasteiger partial charge is 0.496 e. The van der Waals surface area contributed by atoms with Gasteiger partial charge < -0.3 is 14.2 Å². The van der Waals surface area contributed by atoms with Gasteiger partial charge >= 0.3 is 5.97 Å². The minimum Gasteiger partial charge on any atom is -0.496 e. The summed E-state index contributed by atoms with van der Waals surface area (Å²) in [6, 6.07) is 14.5. The van der Waals surface area contributed by atoms with Crippen LogP contribution in [0.4, 0.5) is 0 Å². The van der Waals surface area contributed by atoms with Crippen LogP contribution >= 0.6 is 22.9 Å². The molecule has 0 atom stereocenters. The van der Waals surface area contributed by atoms with Crippen LogP contribution in [-0.4, -0.2) is 23.7 Å². The zero-order valence-corrected chi connectivity index (χ0v) is 17.3. The van der Waals surface area contributed by atoms with Gasteiger partial charge in [-0.3, -0.25) is 0 Å². The van der Waals surface area contributed by atoms with Crippen molar-refractivity contribution in [2.75, 3.05) is 7.11 Å². The van der Waals surface area contributed by atoms with Crippen LogP contribution in [0.2, 0.25) is 5.02 Å². The first kappa shape index (κ1) is 20.2. The number of ether oxygens (including phenoxy) is 3. The maximum absolute atomic E-state index is 12.5. The molecule has 0 amide bonds. The number of halogens is 1. The van der Waals surface area contributed by atoms with Gasteiger partial charge in [0, 0.05) is 10.4 Å². The third kappa shape index (κ3) is 4.82. The molecule has 0 bridgehead atoms. The Hall–Kier alpha value is -2.57. The highest BCUT2D eigenvalue weighted by Gasteiger charge is 2.32. The number of nitrogens with zero attached hydrogens (tertiary/aromatic N) is 1. The summed E-state index contributed by atoms with van der Waals surface area (Å²) >= 11 is 7.34. The smallest absolute Gasteiger partial charge is 0.350 e. The number of esters is 1. The highest BCUT2D eigenvalue weighted by Crippen LogP contribution is 2.32. The average Bonchev–Trinajstić information content (AvgIpc) is 3.16. The SMILES string of the molecule is COc1ccccc1-c1nc(COC(=O)C(C)(C)Oc2ccc(Cl)cc2)cs1. The van der Waals surface area contributed by atoms with Gasteiger partial charge in [-0.05, 0) is 50.2 Å². The molecule has 1 aromatic heterocycles. The van der Waals surface area contributed by atoms with E-state index in [1.54, 1.807) is 45.2 Å². The van der Waals surface area contributed by atoms with Gasteiger partial charge in [0.1, 0.15) is 23.1 Å². The average molecular weight is 418 g/mol. The Morgan fingerprint density at radius 3 is 2.57 bits per heavy atom. The molecule has 146 valence electrons. The third-order valence-corrected chi connectivity index (χ3v) is 5.09. The molecule has 0 spiro atoms. The van der Waals surface area contributed by atoms with Gasteiger partial charge in [0.25, 0.3) is 0 Å². The van der Waals surface area contributed by atoms with E-state index in [1.807, 2.05) is 29.6 Å². The molecule has 0 aliphatic heterocycles. The first-order valence-electron chi connectivity index (χ1n) is 8.58. The number of benzene rings is 2. The van der Waals surface area contributed by atoms with Crippen molar-refractivity contribution in [2.45, 2.75) is 26.1 Å². The lowest BCUT2D eigenvalue weighted by Crippen LogP contribution is -2.39. The van der Waals surface area contributed by atoms with E-state index in [9.17, 15) is 4.79 Å². The molecule has 0 N–H and O–H groups in total. The zero-order chi connectivity index (χ0) is 20.1. The number of hydrogen-bond donors (Lipinski definition) is 0. The summed E-state index contributed by atoms with van der Waals surface area (Å²) in [6.45, 7) is 3.38. The molecule has 7 heteroatoms. The highest BCUT2D eigenvalue weighted by atomic mass is 35.5. The molecular formula is C21H20ClNO4S. The Morgan fingerprint density at radius 1 is 1.14 bits per heavy atom. The molecule has 0 aliphatic rings. The summed E-state index contributed by atoms with van der Waals surface area (Å²) in [5.74, 6) is 0.811. The van der Waals surface area contributed by atoms with Crippen LogP contribution in [0.1, 0.15) is 19.5 Å². The van der Waals surface area contributed by atoms with Crippen molar-refractivity contribution >= 4 is 28.9 Å². The predicted octanol–water partition coefficient (Wildman–Crippen LogP) is 5.37. The van der Waals surface area contributed by atoms with Crippen LogP contribution in [0, 0.1) is 0 Å². The van der Waals surface area contributed by atoms with E-state index in [0.717, 1.165) is 16.3 Å². The van der Waals surface area contributed by atoms with E-state index in [-0.39, 0.29) is 6.61 Å². The minimum atomic E-state index is -1.14.